The third-order valence-electron chi connectivity index (χ3n) is 5.52. The number of fused-ring (bicyclic) bond motifs is 1. The number of aromatic nitrogens is 1. The van der Waals surface area contributed by atoms with Crippen LogP contribution < -0.4 is 4.74 Å². The highest BCUT2D eigenvalue weighted by atomic mass is 35.5. The Morgan fingerprint density at radius 3 is 2.40 bits per heavy atom. The number of carbonyl (C=O) groups excluding carboxylic acids is 1. The van der Waals surface area contributed by atoms with Crippen molar-refractivity contribution in [3.63, 3.8) is 0 Å². The summed E-state index contributed by atoms with van der Waals surface area (Å²) in [6.07, 6.45) is 2.16. The van der Waals surface area contributed by atoms with Crippen molar-refractivity contribution in [2.75, 3.05) is 7.11 Å². The molecule has 0 aliphatic carbocycles. The van der Waals surface area contributed by atoms with E-state index < -0.39 is 11.9 Å². The van der Waals surface area contributed by atoms with Crippen LogP contribution in [0.4, 0.5) is 0 Å². The largest absolute Gasteiger partial charge is 0.495 e. The minimum absolute atomic E-state index is 0.218. The second-order valence-corrected chi connectivity index (χ2v) is 7.95. The summed E-state index contributed by atoms with van der Waals surface area (Å²) in [5, 5.41) is 11.0. The van der Waals surface area contributed by atoms with Gasteiger partial charge < -0.3 is 9.84 Å². The summed E-state index contributed by atoms with van der Waals surface area (Å²) in [5.74, 6) is -1.39. The van der Waals surface area contributed by atoms with Crippen LogP contribution in [0.1, 0.15) is 59.3 Å². The molecule has 30 heavy (non-hydrogen) atoms. The quantitative estimate of drug-likeness (QED) is 0.504. The van der Waals surface area contributed by atoms with E-state index in [1.807, 2.05) is 26.0 Å². The fraction of sp³-hybridized carbons (Fsp3) is 0.333. The zero-order valence-corrected chi connectivity index (χ0v) is 18.4. The average molecular weight is 428 g/mol. The predicted molar refractivity (Wildman–Crippen MR) is 119 cm³/mol. The molecule has 0 aliphatic heterocycles. The van der Waals surface area contributed by atoms with Gasteiger partial charge in [-0.25, -0.2) is 0 Å². The molecule has 0 fully saturated rings. The van der Waals surface area contributed by atoms with Crippen LogP contribution in [0, 0.1) is 13.8 Å². The van der Waals surface area contributed by atoms with Crippen molar-refractivity contribution in [3.8, 4) is 5.75 Å². The molecule has 0 saturated heterocycles. The van der Waals surface area contributed by atoms with Crippen molar-refractivity contribution in [2.24, 2.45) is 0 Å². The molecular weight excluding hydrogens is 402 g/mol. The van der Waals surface area contributed by atoms with Gasteiger partial charge in [-0.1, -0.05) is 49.1 Å². The fourth-order valence-corrected chi connectivity index (χ4v) is 4.16. The standard InChI is InChI=1S/C24H26ClNO4/c1-5-6-7-17(24(28)29)22-15(3)26(23(27)16-10-8-14(2)9-11-16)20-13-19(25)21(30-4)12-18(20)22/h8-13,17H,5-7H2,1-4H3,(H,28,29). The van der Waals surface area contributed by atoms with Crippen LogP contribution >= 0.6 is 11.6 Å². The molecule has 1 N–H and O–H groups in total. The van der Waals surface area contributed by atoms with Crippen LogP contribution in [0.3, 0.4) is 0 Å². The van der Waals surface area contributed by atoms with E-state index in [0.29, 0.717) is 44.9 Å². The molecule has 0 bridgehead atoms. The highest BCUT2D eigenvalue weighted by molar-refractivity contribution is 6.33. The van der Waals surface area contributed by atoms with Gasteiger partial charge in [0, 0.05) is 16.6 Å². The van der Waals surface area contributed by atoms with Gasteiger partial charge in [0.2, 0.25) is 0 Å². The number of halogens is 1. The number of hydrogen-bond acceptors (Lipinski definition) is 3. The van der Waals surface area contributed by atoms with E-state index in [0.717, 1.165) is 18.4 Å². The number of benzene rings is 2. The van der Waals surface area contributed by atoms with Gasteiger partial charge in [0.15, 0.2) is 0 Å². The maximum Gasteiger partial charge on any atom is 0.311 e. The SMILES string of the molecule is CCCCC(C(=O)O)c1c(C)n(C(=O)c2ccc(C)cc2)c2cc(Cl)c(OC)cc12. The van der Waals surface area contributed by atoms with E-state index in [9.17, 15) is 14.7 Å². The Balaban J connectivity index is 2.30. The molecular formula is C24H26ClNO4. The number of carboxylic acid groups (broad SMARTS) is 1. The number of carboxylic acids is 1. The average Bonchev–Trinajstić information content (AvgIpc) is 2.98. The van der Waals surface area contributed by atoms with Crippen molar-refractivity contribution in [2.45, 2.75) is 46.0 Å². The molecule has 1 heterocycles. The predicted octanol–water partition coefficient (Wildman–Crippen LogP) is 5.97. The second kappa shape index (κ2) is 8.92. The van der Waals surface area contributed by atoms with Crippen molar-refractivity contribution in [1.29, 1.82) is 0 Å². The normalized spacial score (nSPS) is 12.2. The van der Waals surface area contributed by atoms with E-state index in [1.165, 1.54) is 7.11 Å². The molecule has 0 spiro atoms. The number of nitrogens with zero attached hydrogens (tertiary/aromatic N) is 1. The summed E-state index contributed by atoms with van der Waals surface area (Å²) in [7, 11) is 1.51. The smallest absolute Gasteiger partial charge is 0.311 e. The third-order valence-corrected chi connectivity index (χ3v) is 5.82. The molecule has 3 aromatic rings. The first kappa shape index (κ1) is 21.9. The Bertz CT molecular complexity index is 1100. The van der Waals surface area contributed by atoms with E-state index >= 15 is 0 Å². The third kappa shape index (κ3) is 3.94. The monoisotopic (exact) mass is 427 g/mol. The molecule has 0 radical (unpaired) electrons. The molecule has 5 nitrogen and oxygen atoms in total. The highest BCUT2D eigenvalue weighted by Crippen LogP contribution is 2.39. The van der Waals surface area contributed by atoms with E-state index in [-0.39, 0.29) is 5.91 Å². The number of methoxy groups -OCH3 is 1. The van der Waals surface area contributed by atoms with Crippen molar-refractivity contribution in [3.05, 3.63) is 63.8 Å². The molecule has 158 valence electrons. The van der Waals surface area contributed by atoms with Crippen LogP contribution in [0.15, 0.2) is 36.4 Å². The Hall–Kier alpha value is -2.79. The van der Waals surface area contributed by atoms with Gasteiger partial charge in [-0.15, -0.1) is 0 Å². The molecule has 2 aromatic carbocycles. The molecule has 6 heteroatoms. The molecule has 3 rings (SSSR count). The van der Waals surface area contributed by atoms with Crippen LogP contribution in [-0.2, 0) is 4.79 Å². The van der Waals surface area contributed by atoms with E-state index in [2.05, 4.69) is 0 Å². The molecule has 1 atom stereocenters. The Kier molecular flexibility index (Phi) is 6.52. The van der Waals surface area contributed by atoms with Crippen molar-refractivity contribution < 1.29 is 19.4 Å². The fourth-order valence-electron chi connectivity index (χ4n) is 3.92. The van der Waals surface area contributed by atoms with Gasteiger partial charge in [0.05, 0.1) is 23.6 Å². The Morgan fingerprint density at radius 1 is 1.17 bits per heavy atom. The van der Waals surface area contributed by atoms with Crippen LogP contribution in [-0.4, -0.2) is 28.7 Å². The van der Waals surface area contributed by atoms with E-state index in [4.69, 9.17) is 16.3 Å². The van der Waals surface area contributed by atoms with Crippen LogP contribution in [0.25, 0.3) is 10.9 Å². The maximum atomic E-state index is 13.4. The lowest BCUT2D eigenvalue weighted by molar-refractivity contribution is -0.139. The lowest BCUT2D eigenvalue weighted by atomic mass is 9.91. The molecule has 0 aliphatic rings. The van der Waals surface area contributed by atoms with Gasteiger partial charge in [0.25, 0.3) is 5.91 Å². The highest BCUT2D eigenvalue weighted by Gasteiger charge is 2.29. The number of aryl methyl sites for hydroxylation is 1. The van der Waals surface area contributed by atoms with Gasteiger partial charge in [-0.2, -0.15) is 0 Å². The summed E-state index contributed by atoms with van der Waals surface area (Å²) in [6.45, 7) is 5.78. The Labute approximate surface area is 181 Å². The maximum absolute atomic E-state index is 13.4. The minimum atomic E-state index is -0.901. The second-order valence-electron chi connectivity index (χ2n) is 7.54. The topological polar surface area (TPSA) is 68.5 Å². The van der Waals surface area contributed by atoms with Gasteiger partial charge in [-0.3, -0.25) is 14.2 Å². The summed E-state index contributed by atoms with van der Waals surface area (Å²) in [5.41, 5.74) is 3.42. The number of rotatable bonds is 7. The zero-order chi connectivity index (χ0) is 22.0. The number of hydrogen-bond donors (Lipinski definition) is 1. The molecule has 1 aromatic heterocycles. The summed E-state index contributed by atoms with van der Waals surface area (Å²) in [4.78, 5) is 25.6. The van der Waals surface area contributed by atoms with Gasteiger partial charge in [-0.05, 0) is 50.1 Å². The van der Waals surface area contributed by atoms with Crippen molar-refractivity contribution >= 4 is 34.4 Å². The van der Waals surface area contributed by atoms with Gasteiger partial charge >= 0.3 is 5.97 Å². The zero-order valence-electron chi connectivity index (χ0n) is 17.7. The number of unbranched alkanes of at least 4 members (excludes halogenated alkanes) is 1. The first-order chi connectivity index (χ1) is 14.3. The number of aliphatic carboxylic acids is 1. The van der Waals surface area contributed by atoms with Crippen LogP contribution in [0.5, 0.6) is 5.75 Å². The first-order valence-corrected chi connectivity index (χ1v) is 10.4. The summed E-state index contributed by atoms with van der Waals surface area (Å²) >= 11 is 6.37. The summed E-state index contributed by atoms with van der Waals surface area (Å²) < 4.78 is 6.94. The number of ether oxygens (including phenoxy) is 1. The lowest BCUT2D eigenvalue weighted by Gasteiger charge is -2.14. The molecule has 0 saturated carbocycles. The first-order valence-electron chi connectivity index (χ1n) is 10.0. The summed E-state index contributed by atoms with van der Waals surface area (Å²) in [6, 6.07) is 10.7. The van der Waals surface area contributed by atoms with Gasteiger partial charge in [0.1, 0.15) is 5.75 Å². The number of carbonyl (C=O) groups is 2. The van der Waals surface area contributed by atoms with E-state index in [1.54, 1.807) is 35.8 Å². The molecule has 0 amide bonds. The van der Waals surface area contributed by atoms with Crippen LogP contribution in [0.2, 0.25) is 5.02 Å². The van der Waals surface area contributed by atoms with Crippen molar-refractivity contribution in [1.82, 2.24) is 4.57 Å². The minimum Gasteiger partial charge on any atom is -0.495 e. The Morgan fingerprint density at radius 2 is 1.83 bits per heavy atom. The molecule has 1 unspecified atom stereocenters. The lowest BCUT2D eigenvalue weighted by Crippen LogP contribution is -2.16.